The van der Waals surface area contributed by atoms with E-state index in [9.17, 15) is 13.2 Å². The van der Waals surface area contributed by atoms with Crippen molar-refractivity contribution in [2.45, 2.75) is 19.4 Å². The van der Waals surface area contributed by atoms with Gasteiger partial charge in [-0.1, -0.05) is 36.4 Å². The molecule has 0 saturated carbocycles. The van der Waals surface area contributed by atoms with E-state index in [0.717, 1.165) is 29.0 Å². The van der Waals surface area contributed by atoms with Gasteiger partial charge in [-0.2, -0.15) is 4.31 Å². The summed E-state index contributed by atoms with van der Waals surface area (Å²) in [6.07, 6.45) is 5.99. The minimum Gasteiger partial charge on any atom is -0.355 e. The molecule has 1 N–H and O–H groups in total. The van der Waals surface area contributed by atoms with Crippen LogP contribution in [0.15, 0.2) is 54.9 Å². The SMILES string of the molecule is CS(=O)(=O)N(CC(=O)NCCCc1ccccc1)Cc1cccnc1. The predicted molar refractivity (Wildman–Crippen MR) is 97.3 cm³/mol. The number of hydrogen-bond donors (Lipinski definition) is 1. The van der Waals surface area contributed by atoms with Crippen LogP contribution in [0.3, 0.4) is 0 Å². The Hall–Kier alpha value is -2.25. The fourth-order valence-corrected chi connectivity index (χ4v) is 3.10. The van der Waals surface area contributed by atoms with Crippen LogP contribution in [0, 0.1) is 0 Å². The van der Waals surface area contributed by atoms with Crippen molar-refractivity contribution in [2.24, 2.45) is 0 Å². The molecule has 2 aromatic rings. The van der Waals surface area contributed by atoms with E-state index in [0.29, 0.717) is 6.54 Å². The lowest BCUT2D eigenvalue weighted by atomic mass is 10.1. The highest BCUT2D eigenvalue weighted by Gasteiger charge is 2.20. The van der Waals surface area contributed by atoms with Crippen LogP contribution >= 0.6 is 0 Å². The molecule has 1 aromatic carbocycles. The van der Waals surface area contributed by atoms with Crippen molar-refractivity contribution in [1.29, 1.82) is 0 Å². The van der Waals surface area contributed by atoms with Gasteiger partial charge in [0.2, 0.25) is 15.9 Å². The topological polar surface area (TPSA) is 79.4 Å². The lowest BCUT2D eigenvalue weighted by Gasteiger charge is -2.19. The maximum Gasteiger partial charge on any atom is 0.235 e. The highest BCUT2D eigenvalue weighted by Crippen LogP contribution is 2.07. The van der Waals surface area contributed by atoms with Gasteiger partial charge in [0.15, 0.2) is 0 Å². The van der Waals surface area contributed by atoms with Crippen LogP contribution in [0.5, 0.6) is 0 Å². The molecule has 0 aliphatic rings. The second kappa shape index (κ2) is 9.29. The zero-order chi connectivity index (χ0) is 18.1. The summed E-state index contributed by atoms with van der Waals surface area (Å²) < 4.78 is 25.0. The van der Waals surface area contributed by atoms with Gasteiger partial charge in [-0.05, 0) is 30.0 Å². The minimum atomic E-state index is -3.49. The summed E-state index contributed by atoms with van der Waals surface area (Å²) in [6.45, 7) is 0.446. The number of amides is 1. The zero-order valence-corrected chi connectivity index (χ0v) is 15.1. The summed E-state index contributed by atoms with van der Waals surface area (Å²) in [6, 6.07) is 13.5. The van der Waals surface area contributed by atoms with E-state index < -0.39 is 10.0 Å². The summed E-state index contributed by atoms with van der Waals surface area (Å²) >= 11 is 0. The maximum absolute atomic E-state index is 12.1. The lowest BCUT2D eigenvalue weighted by molar-refractivity contribution is -0.121. The highest BCUT2D eigenvalue weighted by atomic mass is 32.2. The number of aromatic nitrogens is 1. The molecule has 1 amide bonds. The largest absolute Gasteiger partial charge is 0.355 e. The average molecular weight is 361 g/mol. The van der Waals surface area contributed by atoms with Gasteiger partial charge in [0.1, 0.15) is 0 Å². The van der Waals surface area contributed by atoms with Crippen molar-refractivity contribution in [2.75, 3.05) is 19.3 Å². The van der Waals surface area contributed by atoms with Gasteiger partial charge < -0.3 is 5.32 Å². The van der Waals surface area contributed by atoms with Crippen LogP contribution in [0.25, 0.3) is 0 Å². The smallest absolute Gasteiger partial charge is 0.235 e. The molecule has 0 fully saturated rings. The van der Waals surface area contributed by atoms with Gasteiger partial charge in [-0.25, -0.2) is 8.42 Å². The van der Waals surface area contributed by atoms with E-state index in [1.54, 1.807) is 24.5 Å². The highest BCUT2D eigenvalue weighted by molar-refractivity contribution is 7.88. The number of nitrogens with one attached hydrogen (secondary N) is 1. The Labute approximate surface area is 148 Å². The van der Waals surface area contributed by atoms with E-state index in [2.05, 4.69) is 10.3 Å². The second-order valence-corrected chi connectivity index (χ2v) is 7.81. The van der Waals surface area contributed by atoms with Crippen LogP contribution in [0.2, 0.25) is 0 Å². The Bertz CT molecular complexity index is 765. The molecule has 0 bridgehead atoms. The van der Waals surface area contributed by atoms with Crippen LogP contribution < -0.4 is 5.32 Å². The van der Waals surface area contributed by atoms with E-state index in [1.165, 1.54) is 5.56 Å². The first-order chi connectivity index (χ1) is 11.9. The molecule has 134 valence electrons. The third-order valence-electron chi connectivity index (χ3n) is 3.68. The van der Waals surface area contributed by atoms with Crippen molar-refractivity contribution in [3.8, 4) is 0 Å². The third-order valence-corrected chi connectivity index (χ3v) is 4.87. The van der Waals surface area contributed by atoms with Crippen molar-refractivity contribution >= 4 is 15.9 Å². The van der Waals surface area contributed by atoms with Gasteiger partial charge in [0.05, 0.1) is 12.8 Å². The minimum absolute atomic E-state index is 0.129. The number of hydrogen-bond acceptors (Lipinski definition) is 4. The van der Waals surface area contributed by atoms with Crippen molar-refractivity contribution in [3.05, 3.63) is 66.0 Å². The van der Waals surface area contributed by atoms with Crippen molar-refractivity contribution < 1.29 is 13.2 Å². The summed E-state index contributed by atoms with van der Waals surface area (Å²) in [5.41, 5.74) is 1.95. The molecular formula is C18H23N3O3S. The molecule has 0 unspecified atom stereocenters. The third kappa shape index (κ3) is 7.03. The first kappa shape index (κ1) is 19.1. The lowest BCUT2D eigenvalue weighted by Crippen LogP contribution is -2.40. The molecule has 0 atom stereocenters. The second-order valence-electron chi connectivity index (χ2n) is 5.83. The monoisotopic (exact) mass is 361 g/mol. The molecule has 0 aliphatic carbocycles. The molecular weight excluding hydrogens is 338 g/mol. The molecule has 2 rings (SSSR count). The van der Waals surface area contributed by atoms with E-state index in [-0.39, 0.29) is 19.0 Å². The molecule has 1 heterocycles. The summed E-state index contributed by atoms with van der Waals surface area (Å²) in [5.74, 6) is -0.303. The van der Waals surface area contributed by atoms with Crippen LogP contribution in [-0.4, -0.2) is 43.0 Å². The van der Waals surface area contributed by atoms with Gasteiger partial charge >= 0.3 is 0 Å². The Morgan fingerprint density at radius 2 is 1.84 bits per heavy atom. The first-order valence-electron chi connectivity index (χ1n) is 8.10. The van der Waals surface area contributed by atoms with Crippen molar-refractivity contribution in [1.82, 2.24) is 14.6 Å². The summed E-state index contributed by atoms with van der Waals surface area (Å²) in [4.78, 5) is 16.0. The molecule has 0 radical (unpaired) electrons. The summed E-state index contributed by atoms with van der Waals surface area (Å²) in [7, 11) is -3.49. The molecule has 0 saturated heterocycles. The Morgan fingerprint density at radius 1 is 1.12 bits per heavy atom. The number of carbonyl (C=O) groups is 1. The average Bonchev–Trinajstić information content (AvgIpc) is 2.59. The zero-order valence-electron chi connectivity index (χ0n) is 14.3. The number of rotatable bonds is 9. The molecule has 25 heavy (non-hydrogen) atoms. The van der Waals surface area contributed by atoms with E-state index in [1.807, 2.05) is 30.3 Å². The molecule has 7 heteroatoms. The van der Waals surface area contributed by atoms with Crippen LogP contribution in [0.1, 0.15) is 17.5 Å². The summed E-state index contributed by atoms with van der Waals surface area (Å²) in [5, 5.41) is 2.78. The number of aryl methyl sites for hydroxylation is 1. The predicted octanol–water partition coefficient (Wildman–Crippen LogP) is 1.59. The molecule has 0 aliphatic heterocycles. The quantitative estimate of drug-likeness (QED) is 0.688. The maximum atomic E-state index is 12.1. The number of sulfonamides is 1. The number of carbonyl (C=O) groups excluding carboxylic acids is 1. The number of benzene rings is 1. The van der Waals surface area contributed by atoms with Gasteiger partial charge in [0, 0.05) is 25.5 Å². The van der Waals surface area contributed by atoms with E-state index >= 15 is 0 Å². The molecule has 1 aromatic heterocycles. The van der Waals surface area contributed by atoms with Crippen LogP contribution in [-0.2, 0) is 27.8 Å². The first-order valence-corrected chi connectivity index (χ1v) is 9.94. The van der Waals surface area contributed by atoms with Crippen molar-refractivity contribution in [3.63, 3.8) is 0 Å². The fraction of sp³-hybridized carbons (Fsp3) is 0.333. The normalized spacial score (nSPS) is 11.4. The van der Waals surface area contributed by atoms with Gasteiger partial charge in [0.25, 0.3) is 0 Å². The number of pyridine rings is 1. The van der Waals surface area contributed by atoms with Gasteiger partial charge in [-0.3, -0.25) is 9.78 Å². The molecule has 0 spiro atoms. The Kier molecular flexibility index (Phi) is 7.09. The Morgan fingerprint density at radius 3 is 2.48 bits per heavy atom. The Balaban J connectivity index is 1.81. The van der Waals surface area contributed by atoms with E-state index in [4.69, 9.17) is 0 Å². The van der Waals surface area contributed by atoms with Gasteiger partial charge in [-0.15, -0.1) is 0 Å². The fourth-order valence-electron chi connectivity index (χ4n) is 2.37. The molecule has 6 nitrogen and oxygen atoms in total. The number of nitrogens with zero attached hydrogens (tertiary/aromatic N) is 2. The standard InChI is InChI=1S/C18H23N3O3S/c1-25(23,24)21(14-17-10-5-11-19-13-17)15-18(22)20-12-6-9-16-7-3-2-4-8-16/h2-5,7-8,10-11,13H,6,9,12,14-15H2,1H3,(H,20,22). The van der Waals surface area contributed by atoms with Crippen LogP contribution in [0.4, 0.5) is 0 Å².